The number of anilines is 1. The minimum atomic E-state index is -3.53. The predicted octanol–water partition coefficient (Wildman–Crippen LogP) is 1.07. The molecule has 0 aliphatic carbocycles. The summed E-state index contributed by atoms with van der Waals surface area (Å²) < 4.78 is 27.0. The van der Waals surface area contributed by atoms with Crippen LogP contribution < -0.4 is 11.1 Å². The maximum absolute atomic E-state index is 12.7. The third-order valence-corrected chi connectivity index (χ3v) is 7.97. The summed E-state index contributed by atoms with van der Waals surface area (Å²) in [5, 5.41) is 20.2. The van der Waals surface area contributed by atoms with Crippen molar-refractivity contribution in [1.82, 2.24) is 19.8 Å². The van der Waals surface area contributed by atoms with Crippen LogP contribution in [-0.4, -0.2) is 48.5 Å². The molecular formula is C17H22N6O3S2. The Morgan fingerprint density at radius 2 is 2.36 bits per heavy atom. The van der Waals surface area contributed by atoms with Crippen LogP contribution in [0.3, 0.4) is 0 Å². The van der Waals surface area contributed by atoms with Crippen molar-refractivity contribution in [2.45, 2.75) is 29.9 Å². The summed E-state index contributed by atoms with van der Waals surface area (Å²) in [7, 11) is -3.53. The number of rotatable bonds is 7. The highest BCUT2D eigenvalue weighted by molar-refractivity contribution is 7.91. The Kier molecular flexibility index (Phi) is 6.33. The molecule has 1 amide bonds. The van der Waals surface area contributed by atoms with Gasteiger partial charge in [0, 0.05) is 19.6 Å². The summed E-state index contributed by atoms with van der Waals surface area (Å²) in [6, 6.07) is 5.30. The molecule has 3 heterocycles. The van der Waals surface area contributed by atoms with Crippen LogP contribution in [0.2, 0.25) is 0 Å². The maximum atomic E-state index is 12.7. The summed E-state index contributed by atoms with van der Waals surface area (Å²) >= 11 is 1.18. The highest BCUT2D eigenvalue weighted by Gasteiger charge is 2.33. The second-order valence-corrected chi connectivity index (χ2v) is 9.72. The number of carbonyl (C=O) groups excluding carboxylic acids is 1. The molecular weight excluding hydrogens is 400 g/mol. The van der Waals surface area contributed by atoms with E-state index in [1.807, 2.05) is 6.07 Å². The molecule has 1 aliphatic heterocycles. The Labute approximate surface area is 167 Å². The van der Waals surface area contributed by atoms with Crippen LogP contribution >= 0.6 is 11.3 Å². The number of piperidine rings is 1. The monoisotopic (exact) mass is 422 g/mol. The second kappa shape index (κ2) is 8.72. The number of carbonyl (C=O) groups is 1. The number of nitrogen functional groups attached to an aromatic ring is 1. The van der Waals surface area contributed by atoms with E-state index < -0.39 is 10.0 Å². The van der Waals surface area contributed by atoms with E-state index >= 15 is 0 Å². The highest BCUT2D eigenvalue weighted by Crippen LogP contribution is 2.26. The van der Waals surface area contributed by atoms with Gasteiger partial charge < -0.3 is 11.1 Å². The van der Waals surface area contributed by atoms with Gasteiger partial charge in [0.25, 0.3) is 10.0 Å². The standard InChI is InChI=1S/C17H22N6O3S2/c18-10-13-14(21-22-16(13)19)5-1-7-20-17(24)12-4-2-8-23(11-12)28(25,26)15-6-3-9-27-15/h3,6,9,12H,1-2,4-5,7-8,11H2,(H,20,24)(H3,19,21,22)/t12-/m0/s1. The Morgan fingerprint density at radius 3 is 3.07 bits per heavy atom. The minimum absolute atomic E-state index is 0.143. The summed E-state index contributed by atoms with van der Waals surface area (Å²) in [5.74, 6) is -0.326. The van der Waals surface area contributed by atoms with Gasteiger partial charge in [0.2, 0.25) is 5.91 Å². The van der Waals surface area contributed by atoms with Gasteiger partial charge in [-0.15, -0.1) is 11.3 Å². The van der Waals surface area contributed by atoms with Crippen LogP contribution in [0.1, 0.15) is 30.5 Å². The average Bonchev–Trinajstić information content (AvgIpc) is 3.35. The van der Waals surface area contributed by atoms with Gasteiger partial charge in [-0.2, -0.15) is 14.7 Å². The van der Waals surface area contributed by atoms with Crippen molar-refractivity contribution in [2.24, 2.45) is 5.92 Å². The number of sulfonamides is 1. The van der Waals surface area contributed by atoms with E-state index in [2.05, 4.69) is 15.5 Å². The number of amides is 1. The second-order valence-electron chi connectivity index (χ2n) is 6.60. The third-order valence-electron chi connectivity index (χ3n) is 4.73. The molecule has 0 bridgehead atoms. The number of aryl methyl sites for hydroxylation is 1. The first-order valence-electron chi connectivity index (χ1n) is 8.97. The molecule has 0 unspecified atom stereocenters. The molecule has 0 saturated carbocycles. The normalized spacial score (nSPS) is 17.9. The fourth-order valence-electron chi connectivity index (χ4n) is 3.23. The number of nitrogens with one attached hydrogen (secondary N) is 2. The molecule has 4 N–H and O–H groups in total. The van der Waals surface area contributed by atoms with Crippen molar-refractivity contribution in [3.63, 3.8) is 0 Å². The van der Waals surface area contributed by atoms with Crippen molar-refractivity contribution in [3.8, 4) is 6.07 Å². The number of aromatic nitrogens is 2. The lowest BCUT2D eigenvalue weighted by atomic mass is 9.99. The fourth-order valence-corrected chi connectivity index (χ4v) is 5.90. The van der Waals surface area contributed by atoms with E-state index in [0.29, 0.717) is 54.2 Å². The zero-order valence-electron chi connectivity index (χ0n) is 15.2. The molecule has 2 aromatic heterocycles. The van der Waals surface area contributed by atoms with Crippen LogP contribution in [0.15, 0.2) is 21.7 Å². The first-order chi connectivity index (χ1) is 13.4. The highest BCUT2D eigenvalue weighted by atomic mass is 32.2. The van der Waals surface area contributed by atoms with Crippen LogP contribution in [-0.2, 0) is 21.2 Å². The molecule has 11 heteroatoms. The quantitative estimate of drug-likeness (QED) is 0.569. The van der Waals surface area contributed by atoms with Crippen LogP contribution in [0.4, 0.5) is 5.82 Å². The van der Waals surface area contributed by atoms with Crippen LogP contribution in [0.5, 0.6) is 0 Å². The summed E-state index contributed by atoms with van der Waals surface area (Å²) in [5.41, 5.74) is 6.59. The lowest BCUT2D eigenvalue weighted by Gasteiger charge is -2.30. The van der Waals surface area contributed by atoms with Crippen molar-refractivity contribution in [1.29, 1.82) is 5.26 Å². The number of hydrogen-bond acceptors (Lipinski definition) is 7. The van der Waals surface area contributed by atoms with E-state index in [-0.39, 0.29) is 24.2 Å². The number of H-pyrrole nitrogens is 1. The Balaban J connectivity index is 1.50. The van der Waals surface area contributed by atoms with Crippen LogP contribution in [0.25, 0.3) is 0 Å². The minimum Gasteiger partial charge on any atom is -0.381 e. The molecule has 2 aromatic rings. The number of nitrogens with zero attached hydrogens (tertiary/aromatic N) is 3. The van der Waals surface area contributed by atoms with Gasteiger partial charge in [0.1, 0.15) is 15.8 Å². The average molecular weight is 423 g/mol. The van der Waals surface area contributed by atoms with Crippen LogP contribution in [0, 0.1) is 17.2 Å². The lowest BCUT2D eigenvalue weighted by molar-refractivity contribution is -0.126. The molecule has 0 radical (unpaired) electrons. The zero-order valence-corrected chi connectivity index (χ0v) is 16.9. The van der Waals surface area contributed by atoms with Crippen molar-refractivity contribution in [2.75, 3.05) is 25.4 Å². The van der Waals surface area contributed by atoms with Crippen molar-refractivity contribution >= 4 is 33.1 Å². The molecule has 150 valence electrons. The van der Waals surface area contributed by atoms with Gasteiger partial charge >= 0.3 is 0 Å². The number of hydrogen-bond donors (Lipinski definition) is 3. The van der Waals surface area contributed by atoms with Gasteiger partial charge in [-0.1, -0.05) is 6.07 Å². The molecule has 1 fully saturated rings. The summed E-state index contributed by atoms with van der Waals surface area (Å²) in [6.07, 6.45) is 2.47. The molecule has 1 saturated heterocycles. The number of aromatic amines is 1. The van der Waals surface area contributed by atoms with E-state index in [9.17, 15) is 13.2 Å². The number of thiophene rings is 1. The Hall–Kier alpha value is -2.42. The lowest BCUT2D eigenvalue weighted by Crippen LogP contribution is -2.45. The largest absolute Gasteiger partial charge is 0.381 e. The van der Waals surface area contributed by atoms with E-state index in [1.54, 1.807) is 17.5 Å². The maximum Gasteiger partial charge on any atom is 0.252 e. The Morgan fingerprint density at radius 1 is 1.54 bits per heavy atom. The SMILES string of the molecule is N#Cc1c(N)n[nH]c1CCCNC(=O)[C@H]1CCCN(S(=O)(=O)c2cccs2)C1. The van der Waals surface area contributed by atoms with Crippen molar-refractivity contribution in [3.05, 3.63) is 28.8 Å². The third kappa shape index (κ3) is 4.35. The molecule has 28 heavy (non-hydrogen) atoms. The van der Waals surface area contributed by atoms with Gasteiger partial charge in [-0.25, -0.2) is 8.42 Å². The summed E-state index contributed by atoms with van der Waals surface area (Å²) in [4.78, 5) is 12.5. The number of nitriles is 1. The Bertz CT molecular complexity index is 962. The number of nitrogens with two attached hydrogens (primary N) is 1. The predicted molar refractivity (Wildman–Crippen MR) is 105 cm³/mol. The van der Waals surface area contributed by atoms with Crippen molar-refractivity contribution < 1.29 is 13.2 Å². The first-order valence-corrected chi connectivity index (χ1v) is 11.3. The summed E-state index contributed by atoms with van der Waals surface area (Å²) in [6.45, 7) is 1.06. The van der Waals surface area contributed by atoms with Gasteiger partial charge in [-0.05, 0) is 37.1 Å². The van der Waals surface area contributed by atoms with E-state index in [4.69, 9.17) is 11.0 Å². The smallest absolute Gasteiger partial charge is 0.252 e. The molecule has 3 rings (SSSR count). The van der Waals surface area contributed by atoms with Gasteiger partial charge in [0.15, 0.2) is 5.82 Å². The first kappa shape index (κ1) is 20.3. The zero-order chi connectivity index (χ0) is 20.1. The molecule has 9 nitrogen and oxygen atoms in total. The van der Waals surface area contributed by atoms with Gasteiger partial charge in [-0.3, -0.25) is 9.89 Å². The van der Waals surface area contributed by atoms with E-state index in [1.165, 1.54) is 15.6 Å². The van der Waals surface area contributed by atoms with Gasteiger partial charge in [0.05, 0.1) is 11.6 Å². The molecule has 0 spiro atoms. The molecule has 1 atom stereocenters. The topological polar surface area (TPSA) is 145 Å². The molecule has 1 aliphatic rings. The van der Waals surface area contributed by atoms with E-state index in [0.717, 1.165) is 0 Å². The molecule has 0 aromatic carbocycles. The fraction of sp³-hybridized carbons (Fsp3) is 0.471.